The highest BCUT2D eigenvalue weighted by atomic mass is 28.4. The zero-order valence-electron chi connectivity index (χ0n) is 18.0. The molecule has 0 spiro atoms. The van der Waals surface area contributed by atoms with Gasteiger partial charge in [-0.25, -0.2) is 0 Å². The summed E-state index contributed by atoms with van der Waals surface area (Å²) < 4.78 is 18.4. The molecular weight excluding hydrogens is 339 g/mol. The monoisotopic (exact) mass is 374 g/mol. The molecule has 0 N–H and O–H groups in total. The molecule has 0 aromatic heterocycles. The first kappa shape index (κ1) is 21.4. The highest BCUT2D eigenvalue weighted by molar-refractivity contribution is 6.74. The molecule has 0 amide bonds. The van der Waals surface area contributed by atoms with Gasteiger partial charge in [-0.1, -0.05) is 51.0 Å². The number of benzene rings is 1. The Morgan fingerprint density at radius 3 is 2.19 bits per heavy atom. The van der Waals surface area contributed by atoms with Gasteiger partial charge in [0.25, 0.3) is 0 Å². The Labute approximate surface area is 161 Å². The summed E-state index contributed by atoms with van der Waals surface area (Å²) in [5, 5.41) is 0.223. The van der Waals surface area contributed by atoms with E-state index in [1.165, 1.54) is 5.56 Å². The Kier molecular flexibility index (Phi) is 5.99. The highest BCUT2D eigenvalue weighted by Gasteiger charge is 2.50. The molecule has 1 heterocycles. The lowest BCUT2D eigenvalue weighted by molar-refractivity contribution is 0.00578. The van der Waals surface area contributed by atoms with Gasteiger partial charge in [0.1, 0.15) is 0 Å². The van der Waals surface area contributed by atoms with Crippen LogP contribution in [0.5, 0.6) is 0 Å². The summed E-state index contributed by atoms with van der Waals surface area (Å²) in [4.78, 5) is 0. The van der Waals surface area contributed by atoms with Gasteiger partial charge in [0.15, 0.2) is 8.32 Å². The lowest BCUT2D eigenvalue weighted by Crippen LogP contribution is -2.41. The van der Waals surface area contributed by atoms with Crippen LogP contribution in [0.15, 0.2) is 30.2 Å². The van der Waals surface area contributed by atoms with E-state index >= 15 is 0 Å². The van der Waals surface area contributed by atoms with Crippen molar-refractivity contribution in [3.8, 4) is 0 Å². The fourth-order valence-corrected chi connectivity index (χ4v) is 3.38. The topological polar surface area (TPSA) is 27.7 Å². The van der Waals surface area contributed by atoms with Crippen LogP contribution >= 0.6 is 0 Å². The van der Waals surface area contributed by atoms with E-state index < -0.39 is 8.32 Å². The summed E-state index contributed by atoms with van der Waals surface area (Å²) in [5.41, 5.74) is 1.73. The molecule has 0 aliphatic carbocycles. The van der Waals surface area contributed by atoms with Crippen molar-refractivity contribution in [1.82, 2.24) is 0 Å². The number of hydrogen-bond acceptors (Lipinski definition) is 3. The van der Waals surface area contributed by atoms with Crippen molar-refractivity contribution in [3.63, 3.8) is 0 Å². The second-order valence-electron chi connectivity index (χ2n) is 9.78. The van der Waals surface area contributed by atoms with Gasteiger partial charge in [-0.2, -0.15) is 0 Å². The van der Waals surface area contributed by atoms with E-state index in [-0.39, 0.29) is 23.4 Å². The maximum absolute atomic E-state index is 6.33. The Balaban J connectivity index is 2.02. The van der Waals surface area contributed by atoms with Gasteiger partial charge in [0, 0.05) is 0 Å². The highest BCUT2D eigenvalue weighted by Crippen LogP contribution is 2.38. The van der Waals surface area contributed by atoms with E-state index in [0.29, 0.717) is 6.61 Å². The van der Waals surface area contributed by atoms with Gasteiger partial charge >= 0.3 is 7.12 Å². The number of hydrogen-bond donors (Lipinski definition) is 0. The predicted molar refractivity (Wildman–Crippen MR) is 114 cm³/mol. The normalized spacial score (nSPS) is 20.1. The zero-order valence-corrected chi connectivity index (χ0v) is 19.0. The van der Waals surface area contributed by atoms with Gasteiger partial charge < -0.3 is 13.7 Å². The molecule has 144 valence electrons. The molecule has 0 atom stereocenters. The van der Waals surface area contributed by atoms with Crippen LogP contribution in [0.1, 0.15) is 59.6 Å². The van der Waals surface area contributed by atoms with Gasteiger partial charge in [-0.05, 0) is 63.0 Å². The average molecular weight is 374 g/mol. The smallest absolute Gasteiger partial charge is 0.413 e. The standard InChI is InChI=1S/C21H35BO3Si/c1-19(2,3)26(8,9)23-16-18-12-10-11-17(15-18)13-14-22-24-20(4,5)21(6,7)25-22/h10-15H,16H2,1-9H3/b14-13+. The molecule has 1 aromatic rings. The van der Waals surface area contributed by atoms with E-state index in [0.717, 1.165) is 5.56 Å². The van der Waals surface area contributed by atoms with Crippen LogP contribution in [0.3, 0.4) is 0 Å². The molecule has 3 nitrogen and oxygen atoms in total. The summed E-state index contributed by atoms with van der Waals surface area (Å²) >= 11 is 0. The third-order valence-electron chi connectivity index (χ3n) is 6.07. The van der Waals surface area contributed by atoms with Crippen LogP contribution in [0.4, 0.5) is 0 Å². The van der Waals surface area contributed by atoms with Crippen LogP contribution in [0.25, 0.3) is 6.08 Å². The van der Waals surface area contributed by atoms with E-state index in [9.17, 15) is 0 Å². The van der Waals surface area contributed by atoms with Crippen LogP contribution in [-0.2, 0) is 20.3 Å². The lowest BCUT2D eigenvalue weighted by Gasteiger charge is -2.36. The molecule has 2 rings (SSSR count). The van der Waals surface area contributed by atoms with Crippen molar-refractivity contribution >= 4 is 21.5 Å². The first-order valence-electron chi connectivity index (χ1n) is 9.50. The van der Waals surface area contributed by atoms with Crippen molar-refractivity contribution in [3.05, 3.63) is 41.4 Å². The van der Waals surface area contributed by atoms with Crippen molar-refractivity contribution in [2.45, 2.75) is 84.4 Å². The number of rotatable bonds is 5. The van der Waals surface area contributed by atoms with E-state index in [4.69, 9.17) is 13.7 Å². The minimum absolute atomic E-state index is 0.223. The van der Waals surface area contributed by atoms with Crippen molar-refractivity contribution in [2.24, 2.45) is 0 Å². The van der Waals surface area contributed by atoms with E-state index in [1.54, 1.807) is 0 Å². The Morgan fingerprint density at radius 2 is 1.65 bits per heavy atom. The fourth-order valence-electron chi connectivity index (χ4n) is 2.42. The quantitative estimate of drug-likeness (QED) is 0.605. The van der Waals surface area contributed by atoms with E-state index in [1.807, 2.05) is 5.98 Å². The molecule has 5 heteroatoms. The first-order chi connectivity index (χ1) is 11.7. The largest absolute Gasteiger partial charge is 0.487 e. The molecule has 0 unspecified atom stereocenters. The van der Waals surface area contributed by atoms with Crippen molar-refractivity contribution < 1.29 is 13.7 Å². The van der Waals surface area contributed by atoms with Crippen LogP contribution in [0, 0.1) is 0 Å². The SMILES string of the molecule is CC1(C)OB(/C=C/c2cccc(CO[Si](C)(C)C(C)(C)C)c2)OC1(C)C. The first-order valence-corrected chi connectivity index (χ1v) is 12.4. The summed E-state index contributed by atoms with van der Waals surface area (Å²) in [6.45, 7) is 20.3. The molecule has 0 bridgehead atoms. The Morgan fingerprint density at radius 1 is 1.08 bits per heavy atom. The maximum atomic E-state index is 6.33. The lowest BCUT2D eigenvalue weighted by atomic mass is 9.89. The van der Waals surface area contributed by atoms with Crippen LogP contribution < -0.4 is 0 Å². The molecule has 0 saturated carbocycles. The fraction of sp³-hybridized carbons (Fsp3) is 0.619. The van der Waals surface area contributed by atoms with Crippen LogP contribution in [0.2, 0.25) is 18.1 Å². The second-order valence-corrected chi connectivity index (χ2v) is 14.6. The van der Waals surface area contributed by atoms with Gasteiger partial charge in [-0.15, -0.1) is 0 Å². The molecule has 26 heavy (non-hydrogen) atoms. The molecule has 1 aliphatic rings. The summed E-state index contributed by atoms with van der Waals surface area (Å²) in [6, 6.07) is 8.47. The molecule has 1 saturated heterocycles. The molecule has 1 aliphatic heterocycles. The summed E-state index contributed by atoms with van der Waals surface area (Å²) in [5.74, 6) is 1.99. The minimum atomic E-state index is -1.73. The Bertz CT molecular complexity index is 643. The Hall–Kier alpha value is -0.878. The summed E-state index contributed by atoms with van der Waals surface area (Å²) in [7, 11) is -2.05. The molecule has 0 radical (unpaired) electrons. The van der Waals surface area contributed by atoms with Crippen LogP contribution in [-0.4, -0.2) is 26.6 Å². The van der Waals surface area contributed by atoms with Gasteiger partial charge in [0.2, 0.25) is 0 Å². The minimum Gasteiger partial charge on any atom is -0.413 e. The molecular formula is C21H35BO3Si. The maximum Gasteiger partial charge on any atom is 0.487 e. The average Bonchev–Trinajstić information content (AvgIpc) is 2.70. The molecule has 1 aromatic carbocycles. The van der Waals surface area contributed by atoms with Gasteiger partial charge in [0.05, 0.1) is 17.8 Å². The third-order valence-corrected chi connectivity index (χ3v) is 10.6. The van der Waals surface area contributed by atoms with Gasteiger partial charge in [-0.3, -0.25) is 0 Å². The predicted octanol–water partition coefficient (Wildman–Crippen LogP) is 5.85. The van der Waals surface area contributed by atoms with Crippen molar-refractivity contribution in [2.75, 3.05) is 0 Å². The second kappa shape index (κ2) is 7.27. The third kappa shape index (κ3) is 4.89. The zero-order chi connectivity index (χ0) is 19.8. The van der Waals surface area contributed by atoms with E-state index in [2.05, 4.69) is 91.9 Å². The summed E-state index contributed by atoms with van der Waals surface area (Å²) in [6.07, 6.45) is 2.07. The van der Waals surface area contributed by atoms with Crippen molar-refractivity contribution in [1.29, 1.82) is 0 Å². The molecule has 1 fully saturated rings.